The number of nitrogens with zero attached hydrogens (tertiary/aromatic N) is 4. The lowest BCUT2D eigenvalue weighted by atomic mass is 10.5. The predicted molar refractivity (Wildman–Crippen MR) is 37.9 cm³/mol. The van der Waals surface area contributed by atoms with Crippen molar-refractivity contribution in [2.24, 2.45) is 0 Å². The van der Waals surface area contributed by atoms with Crippen molar-refractivity contribution in [2.45, 2.75) is 6.92 Å². The topological polar surface area (TPSA) is 64.7 Å². The molecule has 2 aromatic rings. The molecule has 0 aromatic carbocycles. The molecule has 0 radical (unpaired) electrons. The van der Waals surface area contributed by atoms with Gasteiger partial charge in [-0.25, -0.2) is 0 Å². The Bertz CT molecular complexity index is 341. The first-order valence-electron chi connectivity index (χ1n) is 2.94. The van der Waals surface area contributed by atoms with Crippen LogP contribution in [0.1, 0.15) is 5.82 Å². The summed E-state index contributed by atoms with van der Waals surface area (Å²) in [7, 11) is 0. The second kappa shape index (κ2) is 2.39. The molecule has 0 amide bonds. The van der Waals surface area contributed by atoms with E-state index in [-0.39, 0.29) is 0 Å². The number of hydrogen-bond donors (Lipinski definition) is 0. The van der Waals surface area contributed by atoms with Gasteiger partial charge in [-0.1, -0.05) is 9.64 Å². The molecule has 56 valence electrons. The van der Waals surface area contributed by atoms with Crippen LogP contribution in [0.2, 0.25) is 0 Å². The van der Waals surface area contributed by atoms with Crippen LogP contribution in [0.5, 0.6) is 0 Å². The normalized spacial score (nSPS) is 10.3. The van der Waals surface area contributed by atoms with E-state index in [1.807, 2.05) is 0 Å². The summed E-state index contributed by atoms with van der Waals surface area (Å²) in [4.78, 5) is 4.80. The minimum absolute atomic E-state index is 0.484. The summed E-state index contributed by atoms with van der Waals surface area (Å²) in [6.45, 7) is 1.77. The zero-order chi connectivity index (χ0) is 7.68. The molecule has 0 saturated carbocycles. The van der Waals surface area contributed by atoms with Gasteiger partial charge in [0.2, 0.25) is 0 Å². The van der Waals surface area contributed by atoms with E-state index in [1.165, 1.54) is 11.5 Å². The fourth-order valence-corrected chi connectivity index (χ4v) is 1.10. The highest BCUT2D eigenvalue weighted by Gasteiger charge is 2.07. The van der Waals surface area contributed by atoms with Gasteiger partial charge in [0.05, 0.1) is 6.20 Å². The van der Waals surface area contributed by atoms with Crippen molar-refractivity contribution in [3.63, 3.8) is 0 Å². The van der Waals surface area contributed by atoms with Gasteiger partial charge >= 0.3 is 0 Å². The predicted octanol–water partition coefficient (Wildman–Crippen LogP) is 0.897. The third kappa shape index (κ3) is 1.12. The summed E-state index contributed by atoms with van der Waals surface area (Å²) in [5.41, 5.74) is 0. The maximum absolute atomic E-state index is 4.88. The van der Waals surface area contributed by atoms with E-state index in [4.69, 9.17) is 4.52 Å². The van der Waals surface area contributed by atoms with Gasteiger partial charge in [0.15, 0.2) is 5.82 Å². The Morgan fingerprint density at radius 2 is 2.45 bits per heavy atom. The first-order chi connectivity index (χ1) is 5.36. The molecule has 2 rings (SSSR count). The summed E-state index contributed by atoms with van der Waals surface area (Å²) in [6.07, 6.45) is 1.59. The molecule has 6 heteroatoms. The molecule has 0 spiro atoms. The number of aryl methyl sites for hydroxylation is 1. The van der Waals surface area contributed by atoms with Gasteiger partial charge in [-0.05, 0) is 18.5 Å². The molecule has 0 aliphatic heterocycles. The Morgan fingerprint density at radius 1 is 1.55 bits per heavy atom. The molecule has 2 heterocycles. The first kappa shape index (κ1) is 6.41. The monoisotopic (exact) mass is 168 g/mol. The van der Waals surface area contributed by atoms with E-state index in [9.17, 15) is 0 Å². The van der Waals surface area contributed by atoms with Crippen LogP contribution >= 0.6 is 11.5 Å². The summed E-state index contributed by atoms with van der Waals surface area (Å²) in [6, 6.07) is 0. The molecule has 0 bridgehead atoms. The van der Waals surface area contributed by atoms with Crippen molar-refractivity contribution < 1.29 is 4.52 Å². The molecule has 0 aliphatic rings. The van der Waals surface area contributed by atoms with Crippen LogP contribution < -0.4 is 0 Å². The minimum Gasteiger partial charge on any atom is -0.333 e. The smallest absolute Gasteiger partial charge is 0.271 e. The number of rotatable bonds is 1. The highest BCUT2D eigenvalue weighted by molar-refractivity contribution is 7.09. The molecular formula is C5H4N4OS. The molecule has 0 aliphatic carbocycles. The average Bonchev–Trinajstić information content (AvgIpc) is 2.55. The van der Waals surface area contributed by atoms with Gasteiger partial charge in [-0.2, -0.15) is 4.98 Å². The van der Waals surface area contributed by atoms with E-state index in [2.05, 4.69) is 19.7 Å². The Hall–Kier alpha value is -1.30. The maximum atomic E-state index is 4.88. The average molecular weight is 168 g/mol. The number of aromatic nitrogens is 4. The van der Waals surface area contributed by atoms with Gasteiger partial charge in [-0.15, -0.1) is 5.10 Å². The molecule has 0 fully saturated rings. The summed E-state index contributed by atoms with van der Waals surface area (Å²) in [5, 5.41) is 7.29. The number of hydrogen-bond acceptors (Lipinski definition) is 6. The molecule has 0 saturated heterocycles. The molecule has 0 unspecified atom stereocenters. The van der Waals surface area contributed by atoms with E-state index in [1.54, 1.807) is 13.1 Å². The summed E-state index contributed by atoms with van der Waals surface area (Å²) < 4.78 is 8.55. The Balaban J connectivity index is 2.45. The SMILES string of the molecule is Cc1noc(-c2cnns2)n1. The standard InChI is InChI=1S/C5H4N4OS/c1-3-7-5(10-8-3)4-2-6-9-11-4/h2H,1H3. The highest BCUT2D eigenvalue weighted by atomic mass is 32.1. The quantitative estimate of drug-likeness (QED) is 0.632. The minimum atomic E-state index is 0.484. The molecule has 5 nitrogen and oxygen atoms in total. The summed E-state index contributed by atoms with van der Waals surface area (Å²) in [5.74, 6) is 1.10. The Morgan fingerprint density at radius 3 is 3.00 bits per heavy atom. The van der Waals surface area contributed by atoms with Crippen LogP contribution in [0, 0.1) is 6.92 Å². The first-order valence-corrected chi connectivity index (χ1v) is 3.71. The van der Waals surface area contributed by atoms with Gasteiger partial charge in [0, 0.05) is 0 Å². The van der Waals surface area contributed by atoms with E-state index in [0.717, 1.165) is 4.88 Å². The molecule has 0 atom stereocenters. The third-order valence-corrected chi connectivity index (χ3v) is 1.75. The lowest BCUT2D eigenvalue weighted by Crippen LogP contribution is -1.72. The van der Waals surface area contributed by atoms with Crippen molar-refractivity contribution in [1.29, 1.82) is 0 Å². The molecular weight excluding hydrogens is 164 g/mol. The van der Waals surface area contributed by atoms with Gasteiger partial charge in [-0.3, -0.25) is 0 Å². The molecule has 2 aromatic heterocycles. The van der Waals surface area contributed by atoms with Crippen LogP contribution in [0.3, 0.4) is 0 Å². The van der Waals surface area contributed by atoms with Crippen molar-refractivity contribution in [3.05, 3.63) is 12.0 Å². The Kier molecular flexibility index (Phi) is 1.39. The van der Waals surface area contributed by atoms with Crippen LogP contribution in [0.25, 0.3) is 10.8 Å². The fraction of sp³-hybridized carbons (Fsp3) is 0.200. The van der Waals surface area contributed by atoms with Gasteiger partial charge < -0.3 is 4.52 Å². The second-order valence-corrected chi connectivity index (χ2v) is 2.71. The molecule has 11 heavy (non-hydrogen) atoms. The maximum Gasteiger partial charge on any atom is 0.271 e. The van der Waals surface area contributed by atoms with Crippen molar-refractivity contribution >= 4 is 11.5 Å². The molecule has 0 N–H and O–H groups in total. The zero-order valence-electron chi connectivity index (χ0n) is 5.68. The van der Waals surface area contributed by atoms with Gasteiger partial charge in [0.1, 0.15) is 4.88 Å². The van der Waals surface area contributed by atoms with Crippen LogP contribution in [0.15, 0.2) is 10.7 Å². The van der Waals surface area contributed by atoms with Crippen molar-refractivity contribution in [3.8, 4) is 10.8 Å². The third-order valence-electron chi connectivity index (χ3n) is 1.10. The van der Waals surface area contributed by atoms with Crippen molar-refractivity contribution in [2.75, 3.05) is 0 Å². The van der Waals surface area contributed by atoms with E-state index in [0.29, 0.717) is 11.7 Å². The van der Waals surface area contributed by atoms with Crippen LogP contribution in [-0.4, -0.2) is 19.7 Å². The zero-order valence-corrected chi connectivity index (χ0v) is 6.50. The van der Waals surface area contributed by atoms with E-state index >= 15 is 0 Å². The fourth-order valence-electron chi connectivity index (χ4n) is 0.659. The Labute approximate surface area is 66.2 Å². The summed E-state index contributed by atoms with van der Waals surface area (Å²) >= 11 is 1.23. The lowest BCUT2D eigenvalue weighted by molar-refractivity contribution is 0.426. The van der Waals surface area contributed by atoms with E-state index < -0.39 is 0 Å². The van der Waals surface area contributed by atoms with Crippen LogP contribution in [0.4, 0.5) is 0 Å². The van der Waals surface area contributed by atoms with Crippen molar-refractivity contribution in [1.82, 2.24) is 19.7 Å². The van der Waals surface area contributed by atoms with Crippen LogP contribution in [-0.2, 0) is 0 Å². The highest BCUT2D eigenvalue weighted by Crippen LogP contribution is 2.18. The second-order valence-electron chi connectivity index (χ2n) is 1.93. The largest absolute Gasteiger partial charge is 0.333 e. The van der Waals surface area contributed by atoms with Gasteiger partial charge in [0.25, 0.3) is 5.89 Å². The lowest BCUT2D eigenvalue weighted by Gasteiger charge is -1.77.